The molecule has 5 heterocycles. The monoisotopic (exact) mass is 526 g/mol. The number of benzene rings is 1. The molecule has 1 saturated heterocycles. The minimum Gasteiger partial charge on any atom is -0.330 e. The van der Waals surface area contributed by atoms with Gasteiger partial charge in [-0.1, -0.05) is 24.3 Å². The third-order valence-electron chi connectivity index (χ3n) is 7.53. The van der Waals surface area contributed by atoms with Gasteiger partial charge < -0.3 is 9.88 Å². The molecule has 1 N–H and O–H groups in total. The van der Waals surface area contributed by atoms with Gasteiger partial charge in [-0.15, -0.1) is 9.24 Å². The molecule has 0 radical (unpaired) electrons. The van der Waals surface area contributed by atoms with E-state index in [4.69, 9.17) is 10.1 Å². The fraction of sp³-hybridized carbons (Fsp3) is 0.321. The van der Waals surface area contributed by atoms with Crippen LogP contribution in [0.2, 0.25) is 0 Å². The average molecular weight is 527 g/mol. The van der Waals surface area contributed by atoms with Gasteiger partial charge in [-0.05, 0) is 56.4 Å². The molecule has 10 heteroatoms. The van der Waals surface area contributed by atoms with E-state index in [-0.39, 0.29) is 11.8 Å². The molecular weight excluding hydrogens is 495 g/mol. The molecule has 0 aliphatic carbocycles. The zero-order valence-corrected chi connectivity index (χ0v) is 22.7. The Morgan fingerprint density at radius 1 is 1.08 bits per heavy atom. The number of hydrogen-bond acceptors (Lipinski definition) is 6. The highest BCUT2D eigenvalue weighted by Crippen LogP contribution is 2.31. The second-order valence-electron chi connectivity index (χ2n) is 9.96. The normalized spacial score (nSPS) is 18.3. The number of piperidine rings is 1. The topological polar surface area (TPSA) is 92.7 Å². The summed E-state index contributed by atoms with van der Waals surface area (Å²) in [4.78, 5) is 29.1. The quantitative estimate of drug-likeness (QED) is 0.401. The first kappa shape index (κ1) is 24.6. The Bertz CT molecular complexity index is 1540. The number of aliphatic imine (C=N–C) groups is 1. The molecule has 1 amide bonds. The number of likely N-dealkylation sites (tertiary alicyclic amines) is 1. The van der Waals surface area contributed by atoms with Crippen molar-refractivity contribution in [2.24, 2.45) is 18.0 Å². The van der Waals surface area contributed by atoms with Crippen LogP contribution in [0.1, 0.15) is 25.1 Å². The van der Waals surface area contributed by atoms with Crippen LogP contribution in [0.5, 0.6) is 0 Å². The van der Waals surface area contributed by atoms with Crippen LogP contribution in [0.15, 0.2) is 59.9 Å². The van der Waals surface area contributed by atoms with Crippen LogP contribution in [0, 0.1) is 12.8 Å². The lowest BCUT2D eigenvalue weighted by atomic mass is 9.94. The number of amides is 1. The summed E-state index contributed by atoms with van der Waals surface area (Å²) in [7, 11) is 4.71. The Kier molecular flexibility index (Phi) is 6.64. The molecule has 38 heavy (non-hydrogen) atoms. The molecule has 1 fully saturated rings. The molecule has 2 unspecified atom stereocenters. The van der Waals surface area contributed by atoms with Crippen LogP contribution >= 0.6 is 9.24 Å². The maximum absolute atomic E-state index is 13.0. The first-order valence-electron chi connectivity index (χ1n) is 13.0. The van der Waals surface area contributed by atoms with E-state index < -0.39 is 0 Å². The van der Waals surface area contributed by atoms with Gasteiger partial charge in [0.05, 0.1) is 17.6 Å². The molecule has 0 spiro atoms. The molecular formula is C28H31N8OP. The highest BCUT2D eigenvalue weighted by atomic mass is 31.0. The number of nitrogens with zero attached hydrogens (tertiary/aromatic N) is 7. The Balaban J connectivity index is 1.19. The van der Waals surface area contributed by atoms with Crippen LogP contribution in [-0.4, -0.2) is 60.3 Å². The summed E-state index contributed by atoms with van der Waals surface area (Å²) in [5.74, 6) is 1.43. The average Bonchev–Trinajstić information content (AvgIpc) is 3.48. The van der Waals surface area contributed by atoms with Crippen LogP contribution in [0.3, 0.4) is 0 Å². The van der Waals surface area contributed by atoms with Gasteiger partial charge in [-0.3, -0.25) is 14.7 Å². The molecule has 4 aromatic rings. The molecule has 6 rings (SSSR count). The minimum atomic E-state index is -0.0197. The molecule has 2 atom stereocenters. The summed E-state index contributed by atoms with van der Waals surface area (Å²) >= 11 is 0. The van der Waals surface area contributed by atoms with E-state index in [1.54, 1.807) is 10.7 Å². The SMILES string of the molecule is Cc1nc(-c2ccc(P)cc2)c(-c2ccc3nc(NC(=O)C4CCN(C5C=CN=CC5)CC4)cn3n2)n1C. The van der Waals surface area contributed by atoms with Crippen LogP contribution in [0.25, 0.3) is 28.3 Å². The van der Waals surface area contributed by atoms with Crippen LogP contribution in [-0.2, 0) is 11.8 Å². The fourth-order valence-corrected chi connectivity index (χ4v) is 5.46. The fourth-order valence-electron chi connectivity index (χ4n) is 5.26. The molecule has 3 aromatic heterocycles. The second kappa shape index (κ2) is 10.2. The molecule has 9 nitrogen and oxygen atoms in total. The van der Waals surface area contributed by atoms with E-state index in [0.717, 1.165) is 66.1 Å². The number of carbonyl (C=O) groups is 1. The number of rotatable bonds is 5. The van der Waals surface area contributed by atoms with Gasteiger partial charge in [0.15, 0.2) is 11.5 Å². The van der Waals surface area contributed by atoms with Crippen molar-refractivity contribution < 1.29 is 4.79 Å². The summed E-state index contributed by atoms with van der Waals surface area (Å²) in [6.45, 7) is 3.80. The van der Waals surface area contributed by atoms with Crippen molar-refractivity contribution in [2.45, 2.75) is 32.2 Å². The maximum Gasteiger partial charge on any atom is 0.228 e. The number of nitrogens with one attached hydrogen (secondary N) is 1. The van der Waals surface area contributed by atoms with E-state index in [1.807, 2.05) is 38.5 Å². The maximum atomic E-state index is 13.0. The Morgan fingerprint density at radius 2 is 1.87 bits per heavy atom. The Labute approximate surface area is 223 Å². The summed E-state index contributed by atoms with van der Waals surface area (Å²) in [5, 5.41) is 8.99. The van der Waals surface area contributed by atoms with Gasteiger partial charge >= 0.3 is 0 Å². The Hall–Kier alpha value is -3.68. The first-order chi connectivity index (χ1) is 18.5. The van der Waals surface area contributed by atoms with Crippen molar-refractivity contribution in [1.82, 2.24) is 29.0 Å². The van der Waals surface area contributed by atoms with E-state index >= 15 is 0 Å². The van der Waals surface area contributed by atoms with Gasteiger partial charge in [0.25, 0.3) is 0 Å². The van der Waals surface area contributed by atoms with E-state index in [9.17, 15) is 4.79 Å². The number of anilines is 1. The molecule has 1 aromatic carbocycles. The van der Waals surface area contributed by atoms with Crippen molar-refractivity contribution in [2.75, 3.05) is 18.4 Å². The van der Waals surface area contributed by atoms with Crippen LogP contribution < -0.4 is 10.6 Å². The van der Waals surface area contributed by atoms with E-state index in [1.165, 1.54) is 0 Å². The summed E-state index contributed by atoms with van der Waals surface area (Å²) < 4.78 is 3.78. The zero-order valence-electron chi connectivity index (χ0n) is 21.6. The molecule has 194 valence electrons. The van der Waals surface area contributed by atoms with E-state index in [0.29, 0.717) is 17.5 Å². The molecule has 2 aliphatic heterocycles. The second-order valence-corrected chi connectivity index (χ2v) is 10.6. The lowest BCUT2D eigenvalue weighted by molar-refractivity contribution is -0.121. The predicted molar refractivity (Wildman–Crippen MR) is 154 cm³/mol. The highest BCUT2D eigenvalue weighted by molar-refractivity contribution is 7.27. The zero-order chi connectivity index (χ0) is 26.2. The number of hydrogen-bond donors (Lipinski definition) is 1. The summed E-state index contributed by atoms with van der Waals surface area (Å²) in [5.41, 5.74) is 4.32. The molecule has 0 bridgehead atoms. The highest BCUT2D eigenvalue weighted by Gasteiger charge is 2.28. The minimum absolute atomic E-state index is 0.0197. The first-order valence-corrected chi connectivity index (χ1v) is 13.5. The van der Waals surface area contributed by atoms with E-state index in [2.05, 4.69) is 64.3 Å². The number of aryl methyl sites for hydroxylation is 1. The standard InChI is InChI=1S/C28H31N8OP/c1-18-30-26(19-3-5-22(38)6-4-19)27(34(18)2)23-7-8-25-31-24(17-36(25)33-23)32-28(37)20-11-15-35(16-12-20)21-9-13-29-14-10-21/h3-9,13-14,17,20-21H,10-12,15-16,38H2,1-2H3,(H,32,37). The van der Waals surface area contributed by atoms with Gasteiger partial charge in [-0.2, -0.15) is 5.10 Å². The number of aromatic nitrogens is 5. The van der Waals surface area contributed by atoms with Gasteiger partial charge in [0.1, 0.15) is 11.5 Å². The van der Waals surface area contributed by atoms with Crippen molar-refractivity contribution in [1.29, 1.82) is 0 Å². The van der Waals surface area contributed by atoms with Crippen molar-refractivity contribution >= 4 is 38.1 Å². The van der Waals surface area contributed by atoms with Crippen LogP contribution in [0.4, 0.5) is 5.82 Å². The smallest absolute Gasteiger partial charge is 0.228 e. The number of carbonyl (C=O) groups excluding carboxylic acids is 1. The summed E-state index contributed by atoms with van der Waals surface area (Å²) in [6.07, 6.45) is 10.4. The van der Waals surface area contributed by atoms with Gasteiger partial charge in [0.2, 0.25) is 5.91 Å². The van der Waals surface area contributed by atoms with Gasteiger partial charge in [0, 0.05) is 43.4 Å². The van der Waals surface area contributed by atoms with Crippen molar-refractivity contribution in [3.8, 4) is 22.6 Å². The lowest BCUT2D eigenvalue weighted by Gasteiger charge is -2.35. The van der Waals surface area contributed by atoms with Gasteiger partial charge in [-0.25, -0.2) is 14.5 Å². The molecule has 2 aliphatic rings. The van der Waals surface area contributed by atoms with Crippen molar-refractivity contribution in [3.63, 3.8) is 0 Å². The predicted octanol–water partition coefficient (Wildman–Crippen LogP) is 3.61. The number of imidazole rings is 2. The Morgan fingerprint density at radius 3 is 2.61 bits per heavy atom. The molecule has 0 saturated carbocycles. The largest absolute Gasteiger partial charge is 0.330 e. The number of fused-ring (bicyclic) bond motifs is 1. The summed E-state index contributed by atoms with van der Waals surface area (Å²) in [6, 6.07) is 12.5. The lowest BCUT2D eigenvalue weighted by Crippen LogP contribution is -2.43. The third kappa shape index (κ3) is 4.79. The van der Waals surface area contributed by atoms with Crippen molar-refractivity contribution in [3.05, 3.63) is 60.7 Å². The third-order valence-corrected chi connectivity index (χ3v) is 7.92.